The zero-order valence-corrected chi connectivity index (χ0v) is 5.85. The Labute approximate surface area is 58.5 Å². The SMILES string of the molecule is [3H]C(O)(C#C)CCCCC. The lowest BCUT2D eigenvalue weighted by molar-refractivity contribution is 0.217. The maximum Gasteiger partial charge on any atom is 0.114 e. The molecule has 0 rings (SSSR count). The molecule has 0 aromatic carbocycles. The first kappa shape index (κ1) is 6.64. The number of aliphatic hydroxyl groups is 1. The van der Waals surface area contributed by atoms with E-state index in [0.717, 1.165) is 19.3 Å². The number of terminal acetylenes is 1. The third-order valence-electron chi connectivity index (χ3n) is 1.18. The zero-order chi connectivity index (χ0) is 8.04. The Balaban J connectivity index is 3.40. The standard InChI is InChI=1S/C8H14O/c1-3-5-6-7-8(9)4-2/h2,8-9H,3,5-7H2,1H3/i8T. The van der Waals surface area contributed by atoms with Crippen molar-refractivity contribution in [3.63, 3.8) is 0 Å². The minimum absolute atomic E-state index is 0.386. The second-order valence-corrected chi connectivity index (χ2v) is 2.05. The Morgan fingerprint density at radius 2 is 2.44 bits per heavy atom. The van der Waals surface area contributed by atoms with Gasteiger partial charge in [-0.15, -0.1) is 6.42 Å². The summed E-state index contributed by atoms with van der Waals surface area (Å²) in [6.07, 6.45) is 6.61. The smallest absolute Gasteiger partial charge is 0.114 e. The van der Waals surface area contributed by atoms with Gasteiger partial charge in [0, 0.05) is 0 Å². The van der Waals surface area contributed by atoms with Gasteiger partial charge in [0.1, 0.15) is 6.08 Å². The Morgan fingerprint density at radius 1 is 1.78 bits per heavy atom. The van der Waals surface area contributed by atoms with Gasteiger partial charge in [0.15, 0.2) is 0 Å². The minimum atomic E-state index is -1.63. The number of hydrogen-bond acceptors (Lipinski definition) is 1. The molecule has 0 heterocycles. The van der Waals surface area contributed by atoms with Crippen LogP contribution in [0.4, 0.5) is 0 Å². The van der Waals surface area contributed by atoms with Gasteiger partial charge in [-0.05, 0) is 12.8 Å². The zero-order valence-electron chi connectivity index (χ0n) is 6.85. The van der Waals surface area contributed by atoms with Gasteiger partial charge in [-0.2, -0.15) is 0 Å². The first-order valence-electron chi connectivity index (χ1n) is 3.82. The van der Waals surface area contributed by atoms with E-state index in [1.165, 1.54) is 0 Å². The van der Waals surface area contributed by atoms with Crippen LogP contribution in [-0.2, 0) is 0 Å². The van der Waals surface area contributed by atoms with Crippen LogP contribution in [0.15, 0.2) is 0 Å². The number of hydrogen-bond donors (Lipinski definition) is 1. The Kier molecular flexibility index (Phi) is 4.17. The Morgan fingerprint density at radius 3 is 2.89 bits per heavy atom. The van der Waals surface area contributed by atoms with Gasteiger partial charge in [-0.25, -0.2) is 0 Å². The van der Waals surface area contributed by atoms with Crippen LogP contribution in [0, 0.1) is 12.3 Å². The normalized spacial score (nSPS) is 17.7. The predicted molar refractivity (Wildman–Crippen MR) is 39.0 cm³/mol. The molecule has 0 aromatic heterocycles. The summed E-state index contributed by atoms with van der Waals surface area (Å²) in [5, 5.41) is 8.98. The molecular formula is C8H14O. The topological polar surface area (TPSA) is 20.2 Å². The third-order valence-corrected chi connectivity index (χ3v) is 1.18. The lowest BCUT2D eigenvalue weighted by atomic mass is 10.1. The number of unbranched alkanes of at least 4 members (excludes halogenated alkanes) is 2. The molecule has 0 aliphatic rings. The van der Waals surface area contributed by atoms with Gasteiger partial charge in [-0.3, -0.25) is 0 Å². The molecule has 1 heteroatoms. The van der Waals surface area contributed by atoms with Gasteiger partial charge in [0.25, 0.3) is 0 Å². The molecule has 9 heavy (non-hydrogen) atoms. The second-order valence-electron chi connectivity index (χ2n) is 2.05. The molecule has 1 nitrogen and oxygen atoms in total. The largest absolute Gasteiger partial charge is 0.380 e. The van der Waals surface area contributed by atoms with Gasteiger partial charge < -0.3 is 5.11 Å². The molecule has 0 aliphatic heterocycles. The Bertz CT molecular complexity index is 124. The minimum Gasteiger partial charge on any atom is -0.380 e. The molecule has 1 unspecified atom stereocenters. The van der Waals surface area contributed by atoms with Crippen molar-refractivity contribution in [2.75, 3.05) is 0 Å². The summed E-state index contributed by atoms with van der Waals surface area (Å²) in [4.78, 5) is 0. The fraction of sp³-hybridized carbons (Fsp3) is 0.750. The highest BCUT2D eigenvalue weighted by Gasteiger charge is 1.95. The molecule has 0 bridgehead atoms. The molecule has 1 N–H and O–H groups in total. The summed E-state index contributed by atoms with van der Waals surface area (Å²) in [7, 11) is 0. The van der Waals surface area contributed by atoms with Crippen LogP contribution in [0.1, 0.15) is 34.0 Å². The third kappa shape index (κ3) is 5.39. The lowest BCUT2D eigenvalue weighted by Gasteiger charge is -1.99. The molecule has 0 fully saturated rings. The molecule has 0 spiro atoms. The summed E-state index contributed by atoms with van der Waals surface area (Å²) < 4.78 is 7.07. The highest BCUT2D eigenvalue weighted by molar-refractivity contribution is 4.92. The van der Waals surface area contributed by atoms with Crippen molar-refractivity contribution >= 4 is 0 Å². The van der Waals surface area contributed by atoms with Gasteiger partial charge in [0.05, 0.1) is 1.37 Å². The number of rotatable bonds is 4. The molecule has 0 aliphatic carbocycles. The van der Waals surface area contributed by atoms with E-state index in [4.69, 9.17) is 12.9 Å². The van der Waals surface area contributed by atoms with Crippen LogP contribution in [0.5, 0.6) is 0 Å². The van der Waals surface area contributed by atoms with Gasteiger partial charge in [-0.1, -0.05) is 25.7 Å². The first-order valence-corrected chi connectivity index (χ1v) is 3.32. The van der Waals surface area contributed by atoms with Crippen LogP contribution in [0.3, 0.4) is 0 Å². The molecule has 0 aromatic rings. The van der Waals surface area contributed by atoms with E-state index in [-0.39, 0.29) is 0 Å². The monoisotopic (exact) mass is 128 g/mol. The van der Waals surface area contributed by atoms with Crippen molar-refractivity contribution < 1.29 is 6.48 Å². The molecule has 0 saturated carbocycles. The molecular weight excluding hydrogens is 112 g/mol. The van der Waals surface area contributed by atoms with Crippen LogP contribution >= 0.6 is 0 Å². The summed E-state index contributed by atoms with van der Waals surface area (Å²) in [5.74, 6) is 2.02. The van der Waals surface area contributed by atoms with E-state index < -0.39 is 6.08 Å². The Hall–Kier alpha value is -0.480. The average molecular weight is 128 g/mol. The molecule has 0 saturated heterocycles. The molecule has 0 radical (unpaired) electrons. The van der Waals surface area contributed by atoms with E-state index >= 15 is 0 Å². The van der Waals surface area contributed by atoms with Crippen molar-refractivity contribution in [2.45, 2.75) is 38.7 Å². The van der Waals surface area contributed by atoms with Gasteiger partial charge in [0.2, 0.25) is 0 Å². The first-order chi connectivity index (χ1) is 4.62. The summed E-state index contributed by atoms with van der Waals surface area (Å²) in [6.45, 7) is 2.07. The van der Waals surface area contributed by atoms with E-state index in [9.17, 15) is 0 Å². The van der Waals surface area contributed by atoms with Crippen molar-refractivity contribution in [2.24, 2.45) is 0 Å². The fourth-order valence-corrected chi connectivity index (χ4v) is 0.615. The van der Waals surface area contributed by atoms with E-state index in [0.29, 0.717) is 6.42 Å². The molecule has 1 atom stereocenters. The lowest BCUT2D eigenvalue weighted by Crippen LogP contribution is -2.00. The van der Waals surface area contributed by atoms with Crippen molar-refractivity contribution in [1.82, 2.24) is 0 Å². The second kappa shape index (κ2) is 5.65. The highest BCUT2D eigenvalue weighted by atomic mass is 16.3. The van der Waals surface area contributed by atoms with Crippen LogP contribution in [0.2, 0.25) is 0 Å². The maximum atomic E-state index is 8.98. The van der Waals surface area contributed by atoms with E-state index in [2.05, 4.69) is 6.92 Å². The summed E-state index contributed by atoms with van der Waals surface area (Å²) in [5.41, 5.74) is 0. The molecule has 0 amide bonds. The van der Waals surface area contributed by atoms with Crippen LogP contribution in [-0.4, -0.2) is 11.2 Å². The summed E-state index contributed by atoms with van der Waals surface area (Å²) >= 11 is 0. The maximum absolute atomic E-state index is 8.98. The van der Waals surface area contributed by atoms with Crippen molar-refractivity contribution in [3.05, 3.63) is 0 Å². The van der Waals surface area contributed by atoms with Crippen molar-refractivity contribution in [1.29, 1.82) is 0 Å². The van der Waals surface area contributed by atoms with E-state index in [1.807, 2.05) is 5.92 Å². The summed E-state index contributed by atoms with van der Waals surface area (Å²) in [6, 6.07) is 0. The van der Waals surface area contributed by atoms with Gasteiger partial charge >= 0.3 is 0 Å². The fourth-order valence-electron chi connectivity index (χ4n) is 0.615. The van der Waals surface area contributed by atoms with E-state index in [1.54, 1.807) is 0 Å². The average Bonchev–Trinajstić information content (AvgIpc) is 1.89. The van der Waals surface area contributed by atoms with Crippen LogP contribution in [0.25, 0.3) is 0 Å². The van der Waals surface area contributed by atoms with Crippen molar-refractivity contribution in [3.8, 4) is 12.3 Å². The highest BCUT2D eigenvalue weighted by Crippen LogP contribution is 2.01. The quantitative estimate of drug-likeness (QED) is 0.450. The van der Waals surface area contributed by atoms with Crippen LogP contribution < -0.4 is 0 Å². The predicted octanol–water partition coefficient (Wildman–Crippen LogP) is 1.56. The molecule has 52 valence electrons.